The Bertz CT molecular complexity index is 472. The molecular formula is C16H22N2O. The van der Waals surface area contributed by atoms with Crippen LogP contribution < -0.4 is 5.32 Å². The van der Waals surface area contributed by atoms with Gasteiger partial charge in [-0.1, -0.05) is 18.2 Å². The van der Waals surface area contributed by atoms with Crippen molar-refractivity contribution in [1.29, 1.82) is 0 Å². The number of nitrogens with one attached hydrogen (secondary N) is 1. The Balaban J connectivity index is 1.72. The summed E-state index contributed by atoms with van der Waals surface area (Å²) >= 11 is 0. The van der Waals surface area contributed by atoms with Crippen LogP contribution in [0.25, 0.3) is 0 Å². The number of likely N-dealkylation sites (tertiary alicyclic amines) is 1. The van der Waals surface area contributed by atoms with Crippen LogP contribution in [0.1, 0.15) is 31.7 Å². The lowest BCUT2D eigenvalue weighted by molar-refractivity contribution is -0.138. The van der Waals surface area contributed by atoms with Gasteiger partial charge >= 0.3 is 0 Å². The van der Waals surface area contributed by atoms with E-state index in [1.165, 1.54) is 17.7 Å². The summed E-state index contributed by atoms with van der Waals surface area (Å²) in [4.78, 5) is 14.8. The maximum Gasteiger partial charge on any atom is 0.228 e. The van der Waals surface area contributed by atoms with Crippen LogP contribution >= 0.6 is 0 Å². The van der Waals surface area contributed by atoms with E-state index in [1.807, 2.05) is 6.07 Å². The number of anilines is 1. The summed E-state index contributed by atoms with van der Waals surface area (Å²) in [5.41, 5.74) is 2.47. The second kappa shape index (κ2) is 5.24. The molecule has 19 heavy (non-hydrogen) atoms. The molecule has 102 valence electrons. The maximum atomic E-state index is 12.7. The zero-order valence-corrected chi connectivity index (χ0v) is 11.6. The van der Waals surface area contributed by atoms with Gasteiger partial charge in [0.1, 0.15) is 0 Å². The van der Waals surface area contributed by atoms with Gasteiger partial charge in [0.15, 0.2) is 0 Å². The van der Waals surface area contributed by atoms with Crippen LogP contribution in [0, 0.1) is 5.92 Å². The fraction of sp³-hybridized carbons (Fsp3) is 0.562. The van der Waals surface area contributed by atoms with Crippen LogP contribution in [0.2, 0.25) is 0 Å². The molecule has 1 amide bonds. The van der Waals surface area contributed by atoms with Gasteiger partial charge in [-0.3, -0.25) is 4.79 Å². The second-order valence-corrected chi connectivity index (χ2v) is 5.82. The second-order valence-electron chi connectivity index (χ2n) is 5.82. The molecule has 1 N–H and O–H groups in total. The van der Waals surface area contributed by atoms with Crippen molar-refractivity contribution in [2.24, 2.45) is 5.92 Å². The van der Waals surface area contributed by atoms with Gasteiger partial charge in [-0.05, 0) is 44.2 Å². The number of hydrogen-bond donors (Lipinski definition) is 1. The van der Waals surface area contributed by atoms with Crippen molar-refractivity contribution >= 4 is 11.6 Å². The molecule has 2 atom stereocenters. The number of benzene rings is 1. The fourth-order valence-electron chi connectivity index (χ4n) is 3.28. The summed E-state index contributed by atoms with van der Waals surface area (Å²) in [5, 5.41) is 3.40. The molecular weight excluding hydrogens is 236 g/mol. The minimum Gasteiger partial charge on any atom is -0.384 e. The van der Waals surface area contributed by atoms with E-state index in [9.17, 15) is 4.79 Å². The molecule has 2 heterocycles. The van der Waals surface area contributed by atoms with E-state index in [4.69, 9.17) is 0 Å². The number of para-hydroxylation sites is 1. The molecule has 0 spiro atoms. The van der Waals surface area contributed by atoms with E-state index in [2.05, 4.69) is 35.3 Å². The first kappa shape index (κ1) is 12.5. The number of fused-ring (bicyclic) bond motifs is 1. The third-order valence-corrected chi connectivity index (χ3v) is 4.46. The molecule has 1 aromatic carbocycles. The molecule has 0 saturated carbocycles. The highest BCUT2D eigenvalue weighted by Gasteiger charge is 2.31. The van der Waals surface area contributed by atoms with Crippen molar-refractivity contribution in [1.82, 2.24) is 4.90 Å². The van der Waals surface area contributed by atoms with E-state index >= 15 is 0 Å². The molecule has 2 aliphatic heterocycles. The van der Waals surface area contributed by atoms with Gasteiger partial charge in [-0.2, -0.15) is 0 Å². The SMILES string of the molecule is CC1CCCCN1C(=O)C1CNc2ccccc2C1. The molecule has 0 aliphatic carbocycles. The predicted molar refractivity (Wildman–Crippen MR) is 77.2 cm³/mol. The van der Waals surface area contributed by atoms with Crippen molar-refractivity contribution in [3.63, 3.8) is 0 Å². The number of piperidine rings is 1. The van der Waals surface area contributed by atoms with Gasteiger partial charge in [0.05, 0.1) is 5.92 Å². The van der Waals surface area contributed by atoms with Crippen molar-refractivity contribution in [3.8, 4) is 0 Å². The average molecular weight is 258 g/mol. The number of carbonyl (C=O) groups is 1. The number of nitrogens with zero attached hydrogens (tertiary/aromatic N) is 1. The van der Waals surface area contributed by atoms with Crippen LogP contribution in [-0.4, -0.2) is 29.9 Å². The monoisotopic (exact) mass is 258 g/mol. The van der Waals surface area contributed by atoms with E-state index in [-0.39, 0.29) is 5.92 Å². The summed E-state index contributed by atoms with van der Waals surface area (Å²) in [7, 11) is 0. The molecule has 2 unspecified atom stereocenters. The van der Waals surface area contributed by atoms with Crippen LogP contribution in [0.4, 0.5) is 5.69 Å². The third kappa shape index (κ3) is 2.46. The van der Waals surface area contributed by atoms with Crippen LogP contribution in [-0.2, 0) is 11.2 Å². The minimum atomic E-state index is 0.107. The summed E-state index contributed by atoms with van der Waals surface area (Å²) < 4.78 is 0. The predicted octanol–water partition coefficient (Wildman–Crippen LogP) is 2.67. The fourth-order valence-corrected chi connectivity index (χ4v) is 3.28. The minimum absolute atomic E-state index is 0.107. The zero-order chi connectivity index (χ0) is 13.2. The number of rotatable bonds is 1. The molecule has 3 rings (SSSR count). The van der Waals surface area contributed by atoms with Crippen molar-refractivity contribution in [2.45, 2.75) is 38.6 Å². The first-order valence-electron chi connectivity index (χ1n) is 7.38. The lowest BCUT2D eigenvalue weighted by Crippen LogP contribution is -2.47. The number of hydrogen-bond acceptors (Lipinski definition) is 2. The topological polar surface area (TPSA) is 32.3 Å². The normalized spacial score (nSPS) is 26.5. The molecule has 0 radical (unpaired) electrons. The highest BCUT2D eigenvalue weighted by Crippen LogP contribution is 2.27. The quantitative estimate of drug-likeness (QED) is 0.840. The summed E-state index contributed by atoms with van der Waals surface area (Å²) in [6.07, 6.45) is 4.46. The third-order valence-electron chi connectivity index (χ3n) is 4.46. The van der Waals surface area contributed by atoms with Crippen molar-refractivity contribution in [2.75, 3.05) is 18.4 Å². The smallest absolute Gasteiger partial charge is 0.228 e. The molecule has 3 heteroatoms. The number of amides is 1. The maximum absolute atomic E-state index is 12.7. The van der Waals surface area contributed by atoms with Gasteiger partial charge in [-0.25, -0.2) is 0 Å². The molecule has 1 saturated heterocycles. The van der Waals surface area contributed by atoms with Crippen LogP contribution in [0.5, 0.6) is 0 Å². The number of carbonyl (C=O) groups excluding carboxylic acids is 1. The Hall–Kier alpha value is -1.51. The molecule has 1 aromatic rings. The Kier molecular flexibility index (Phi) is 3.45. The summed E-state index contributed by atoms with van der Waals surface area (Å²) in [6.45, 7) is 3.90. The molecule has 0 bridgehead atoms. The highest BCUT2D eigenvalue weighted by atomic mass is 16.2. The first-order chi connectivity index (χ1) is 9.25. The van der Waals surface area contributed by atoms with Crippen LogP contribution in [0.3, 0.4) is 0 Å². The molecule has 3 nitrogen and oxygen atoms in total. The Labute approximate surface area is 115 Å². The first-order valence-corrected chi connectivity index (χ1v) is 7.38. The van der Waals surface area contributed by atoms with Gasteiger partial charge in [0.25, 0.3) is 0 Å². The molecule has 0 aromatic heterocycles. The van der Waals surface area contributed by atoms with Crippen molar-refractivity contribution < 1.29 is 4.79 Å². The lowest BCUT2D eigenvalue weighted by Gasteiger charge is -2.37. The van der Waals surface area contributed by atoms with Crippen LogP contribution in [0.15, 0.2) is 24.3 Å². The Morgan fingerprint density at radius 3 is 3.00 bits per heavy atom. The molecule has 1 fully saturated rings. The lowest BCUT2D eigenvalue weighted by atomic mass is 9.91. The van der Waals surface area contributed by atoms with E-state index in [0.717, 1.165) is 32.4 Å². The van der Waals surface area contributed by atoms with Crippen molar-refractivity contribution in [3.05, 3.63) is 29.8 Å². The van der Waals surface area contributed by atoms with E-state index in [1.54, 1.807) is 0 Å². The summed E-state index contributed by atoms with van der Waals surface area (Å²) in [5.74, 6) is 0.449. The van der Waals surface area contributed by atoms with Gasteiger partial charge in [-0.15, -0.1) is 0 Å². The van der Waals surface area contributed by atoms with E-state index in [0.29, 0.717) is 11.9 Å². The highest BCUT2D eigenvalue weighted by molar-refractivity contribution is 5.81. The molecule has 2 aliphatic rings. The summed E-state index contributed by atoms with van der Waals surface area (Å²) in [6, 6.07) is 8.73. The average Bonchev–Trinajstić information content (AvgIpc) is 2.46. The Morgan fingerprint density at radius 2 is 2.16 bits per heavy atom. The van der Waals surface area contributed by atoms with Gasteiger partial charge < -0.3 is 10.2 Å². The van der Waals surface area contributed by atoms with E-state index < -0.39 is 0 Å². The Morgan fingerprint density at radius 1 is 1.32 bits per heavy atom. The van der Waals surface area contributed by atoms with Gasteiger partial charge in [0, 0.05) is 24.8 Å². The largest absolute Gasteiger partial charge is 0.384 e. The standard InChI is InChI=1S/C16H22N2O/c1-12-6-4-5-9-18(12)16(19)14-10-13-7-2-3-8-15(13)17-11-14/h2-3,7-8,12,14,17H,4-6,9-11H2,1H3. The zero-order valence-electron chi connectivity index (χ0n) is 11.6. The van der Waals surface area contributed by atoms with Gasteiger partial charge in [0.2, 0.25) is 5.91 Å².